The van der Waals surface area contributed by atoms with Crippen LogP contribution in [0.25, 0.3) is 0 Å². The van der Waals surface area contributed by atoms with E-state index in [9.17, 15) is 0 Å². The van der Waals surface area contributed by atoms with Gasteiger partial charge in [0.05, 0.1) is 0 Å². The number of hydrogen-bond donors (Lipinski definition) is 0. The molecular formula is C13H27. The molecule has 0 aliphatic carbocycles. The third-order valence-corrected chi connectivity index (χ3v) is 2.79. The number of unbranched alkanes of at least 4 members (excludes halogenated alkanes) is 6. The molecule has 0 aliphatic heterocycles. The summed E-state index contributed by atoms with van der Waals surface area (Å²) in [6, 6.07) is 0. The summed E-state index contributed by atoms with van der Waals surface area (Å²) in [7, 11) is 0. The van der Waals surface area contributed by atoms with Crippen molar-refractivity contribution in [2.45, 2.75) is 71.6 Å². The van der Waals surface area contributed by atoms with Crippen molar-refractivity contribution >= 4 is 0 Å². The van der Waals surface area contributed by atoms with E-state index < -0.39 is 0 Å². The van der Waals surface area contributed by atoms with Crippen LogP contribution in [0.3, 0.4) is 0 Å². The molecule has 1 unspecified atom stereocenters. The van der Waals surface area contributed by atoms with Crippen LogP contribution in [0.5, 0.6) is 0 Å². The molecule has 0 saturated carbocycles. The maximum absolute atomic E-state index is 3.93. The molecule has 0 aliphatic rings. The molecule has 0 nitrogen and oxygen atoms in total. The summed E-state index contributed by atoms with van der Waals surface area (Å²) in [5.41, 5.74) is 0. The maximum atomic E-state index is 3.93. The van der Waals surface area contributed by atoms with Gasteiger partial charge >= 0.3 is 0 Å². The second-order valence-corrected chi connectivity index (χ2v) is 4.30. The standard InChI is InChI=1S/C13H27/c1-4-6-7-8-9-10-11-12-13(3)5-2/h13H,2,4-12H2,1,3H3. The van der Waals surface area contributed by atoms with Crippen molar-refractivity contribution in [2.24, 2.45) is 5.92 Å². The van der Waals surface area contributed by atoms with Crippen molar-refractivity contribution in [2.75, 3.05) is 0 Å². The molecule has 0 spiro atoms. The fraction of sp³-hybridized carbons (Fsp3) is 0.923. The van der Waals surface area contributed by atoms with Gasteiger partial charge in [-0.1, -0.05) is 78.6 Å². The van der Waals surface area contributed by atoms with Crippen LogP contribution in [0, 0.1) is 12.8 Å². The summed E-state index contributed by atoms with van der Waals surface area (Å²) < 4.78 is 0. The first-order chi connectivity index (χ1) is 6.31. The third-order valence-electron chi connectivity index (χ3n) is 2.79. The van der Waals surface area contributed by atoms with Crippen LogP contribution >= 0.6 is 0 Å². The monoisotopic (exact) mass is 183 g/mol. The molecule has 0 amide bonds. The van der Waals surface area contributed by atoms with E-state index in [-0.39, 0.29) is 0 Å². The second kappa shape index (κ2) is 10.1. The molecule has 0 fully saturated rings. The molecule has 0 bridgehead atoms. The summed E-state index contributed by atoms with van der Waals surface area (Å²) in [6.07, 6.45) is 12.5. The highest BCUT2D eigenvalue weighted by molar-refractivity contribution is 4.54. The molecule has 0 heterocycles. The lowest BCUT2D eigenvalue weighted by molar-refractivity contribution is 0.484. The largest absolute Gasteiger partial charge is 0.0654 e. The molecular weight excluding hydrogens is 156 g/mol. The van der Waals surface area contributed by atoms with Gasteiger partial charge in [-0.3, -0.25) is 0 Å². The van der Waals surface area contributed by atoms with Gasteiger partial charge in [-0.05, 0) is 5.92 Å². The van der Waals surface area contributed by atoms with Crippen LogP contribution < -0.4 is 0 Å². The van der Waals surface area contributed by atoms with Gasteiger partial charge in [-0.2, -0.15) is 0 Å². The Morgan fingerprint density at radius 3 is 2.00 bits per heavy atom. The van der Waals surface area contributed by atoms with Gasteiger partial charge in [0.2, 0.25) is 0 Å². The zero-order valence-corrected chi connectivity index (χ0v) is 9.65. The maximum Gasteiger partial charge on any atom is -0.0443 e. The average Bonchev–Trinajstić information content (AvgIpc) is 2.16. The van der Waals surface area contributed by atoms with Crippen molar-refractivity contribution in [1.29, 1.82) is 0 Å². The van der Waals surface area contributed by atoms with Crippen LogP contribution in [-0.4, -0.2) is 0 Å². The molecule has 1 atom stereocenters. The topological polar surface area (TPSA) is 0 Å². The van der Waals surface area contributed by atoms with Crippen molar-refractivity contribution in [3.63, 3.8) is 0 Å². The fourth-order valence-electron chi connectivity index (χ4n) is 1.59. The summed E-state index contributed by atoms with van der Waals surface area (Å²) in [5.74, 6) is 0.843. The van der Waals surface area contributed by atoms with Crippen LogP contribution in [0.2, 0.25) is 0 Å². The summed E-state index contributed by atoms with van der Waals surface area (Å²) in [5, 5.41) is 0. The lowest BCUT2D eigenvalue weighted by atomic mass is 10.00. The smallest absolute Gasteiger partial charge is 0.0443 e. The zero-order chi connectivity index (χ0) is 9.94. The van der Waals surface area contributed by atoms with E-state index in [0.29, 0.717) is 0 Å². The third kappa shape index (κ3) is 9.92. The van der Waals surface area contributed by atoms with E-state index in [1.54, 1.807) is 0 Å². The minimum Gasteiger partial charge on any atom is -0.0654 e. The number of rotatable bonds is 9. The lowest BCUT2D eigenvalue weighted by Gasteiger charge is -2.07. The van der Waals surface area contributed by atoms with Gasteiger partial charge in [-0.25, -0.2) is 0 Å². The Labute approximate surface area is 85.1 Å². The van der Waals surface area contributed by atoms with Crippen LogP contribution in [0.1, 0.15) is 71.6 Å². The molecule has 0 aromatic carbocycles. The second-order valence-electron chi connectivity index (χ2n) is 4.30. The SMILES string of the molecule is [CH2]CC(C)CCCCCCCCC. The van der Waals surface area contributed by atoms with Crippen LogP contribution in [-0.2, 0) is 0 Å². The van der Waals surface area contributed by atoms with Crippen molar-refractivity contribution < 1.29 is 0 Å². The van der Waals surface area contributed by atoms with Crippen molar-refractivity contribution in [3.05, 3.63) is 6.92 Å². The Morgan fingerprint density at radius 2 is 1.46 bits per heavy atom. The highest BCUT2D eigenvalue weighted by atomic mass is 14.0. The van der Waals surface area contributed by atoms with Crippen molar-refractivity contribution in [3.8, 4) is 0 Å². The van der Waals surface area contributed by atoms with E-state index in [2.05, 4.69) is 20.8 Å². The quantitative estimate of drug-likeness (QED) is 0.442. The zero-order valence-electron chi connectivity index (χ0n) is 9.65. The molecule has 0 rings (SSSR count). The number of hydrogen-bond acceptors (Lipinski definition) is 0. The fourth-order valence-corrected chi connectivity index (χ4v) is 1.59. The van der Waals surface area contributed by atoms with Gasteiger partial charge in [-0.15, -0.1) is 0 Å². The summed E-state index contributed by atoms with van der Waals surface area (Å²) in [6.45, 7) is 8.51. The van der Waals surface area contributed by atoms with Gasteiger partial charge in [0, 0.05) is 0 Å². The summed E-state index contributed by atoms with van der Waals surface area (Å²) in [4.78, 5) is 0. The van der Waals surface area contributed by atoms with Gasteiger partial charge < -0.3 is 0 Å². The first-order valence-electron chi connectivity index (χ1n) is 6.10. The van der Waals surface area contributed by atoms with Crippen LogP contribution in [0.15, 0.2) is 0 Å². The predicted octanol–water partition coefficient (Wildman–Crippen LogP) is 4.99. The predicted molar refractivity (Wildman–Crippen MR) is 61.7 cm³/mol. The highest BCUT2D eigenvalue weighted by Gasteiger charge is 1.97. The molecule has 0 aromatic heterocycles. The first-order valence-corrected chi connectivity index (χ1v) is 6.10. The lowest BCUT2D eigenvalue weighted by Crippen LogP contribution is -1.91. The Hall–Kier alpha value is 0. The Balaban J connectivity index is 2.91. The first kappa shape index (κ1) is 13.0. The normalized spacial score (nSPS) is 13.2. The molecule has 0 aromatic rings. The van der Waals surface area contributed by atoms with Gasteiger partial charge in [0.15, 0.2) is 0 Å². The van der Waals surface area contributed by atoms with Gasteiger partial charge in [0.25, 0.3) is 0 Å². The Morgan fingerprint density at radius 1 is 0.923 bits per heavy atom. The van der Waals surface area contributed by atoms with E-state index >= 15 is 0 Å². The molecule has 79 valence electrons. The molecule has 0 N–H and O–H groups in total. The van der Waals surface area contributed by atoms with E-state index in [1.165, 1.54) is 51.4 Å². The average molecular weight is 183 g/mol. The molecule has 0 saturated heterocycles. The minimum atomic E-state index is 0.843. The minimum absolute atomic E-state index is 0.843. The van der Waals surface area contributed by atoms with Crippen LogP contribution in [0.4, 0.5) is 0 Å². The molecule has 13 heavy (non-hydrogen) atoms. The Kier molecular flexibility index (Phi) is 10.1. The molecule has 0 heteroatoms. The van der Waals surface area contributed by atoms with E-state index in [4.69, 9.17) is 0 Å². The van der Waals surface area contributed by atoms with Gasteiger partial charge in [0.1, 0.15) is 0 Å². The highest BCUT2D eigenvalue weighted by Crippen LogP contribution is 2.14. The van der Waals surface area contributed by atoms with E-state index in [0.717, 1.165) is 12.3 Å². The van der Waals surface area contributed by atoms with Crippen molar-refractivity contribution in [1.82, 2.24) is 0 Å². The Bertz CT molecular complexity index is 86.0. The summed E-state index contributed by atoms with van der Waals surface area (Å²) >= 11 is 0. The molecule has 1 radical (unpaired) electrons. The van der Waals surface area contributed by atoms with E-state index in [1.807, 2.05) is 0 Å².